The van der Waals surface area contributed by atoms with Crippen molar-refractivity contribution in [2.45, 2.75) is 72.6 Å². The summed E-state index contributed by atoms with van der Waals surface area (Å²) in [6.45, 7) is 17.9. The minimum absolute atomic E-state index is 0. The molecule has 6 rings (SSSR count). The first-order valence-corrected chi connectivity index (χ1v) is 16.7. The Hall–Kier alpha value is -2.45. The van der Waals surface area contributed by atoms with E-state index in [9.17, 15) is 0 Å². The fraction of sp³-hybridized carbons (Fsp3) is 0.268. The molecule has 0 saturated heterocycles. The number of fused-ring (bicyclic) bond motifs is 3. The Morgan fingerprint density at radius 1 is 0.682 bits per heavy atom. The number of rotatable bonds is 2. The van der Waals surface area contributed by atoms with Crippen LogP contribution in [0.15, 0.2) is 109 Å². The molecule has 1 aliphatic rings. The molecule has 44 heavy (non-hydrogen) atoms. The normalized spacial score (nSPS) is 11.3. The van der Waals surface area contributed by atoms with E-state index in [0.29, 0.717) is 0 Å². The summed E-state index contributed by atoms with van der Waals surface area (Å²) >= 11 is 1.08. The van der Waals surface area contributed by atoms with Crippen LogP contribution in [0.5, 0.6) is 0 Å². The van der Waals surface area contributed by atoms with Crippen LogP contribution in [-0.4, -0.2) is 3.26 Å². The molecule has 0 unspecified atom stereocenters. The van der Waals surface area contributed by atoms with Crippen LogP contribution in [0.1, 0.15) is 86.1 Å². The van der Waals surface area contributed by atoms with Gasteiger partial charge in [-0.05, 0) is 17.4 Å². The summed E-state index contributed by atoms with van der Waals surface area (Å²) in [6.07, 6.45) is 1.03. The molecule has 0 N–H and O–H groups in total. The Kier molecular flexibility index (Phi) is 13.9. The third-order valence-corrected chi connectivity index (χ3v) is 9.79. The second-order valence-corrected chi connectivity index (χ2v) is 15.2. The second kappa shape index (κ2) is 16.2. The van der Waals surface area contributed by atoms with Crippen molar-refractivity contribution in [2.24, 2.45) is 0 Å². The predicted molar refractivity (Wildman–Crippen MR) is 179 cm³/mol. The number of hydrogen-bond donors (Lipinski definition) is 0. The first-order valence-electron chi connectivity index (χ1n) is 14.9. The Morgan fingerprint density at radius 3 is 1.64 bits per heavy atom. The zero-order chi connectivity index (χ0) is 30.5. The molecular weight excluding hydrogens is 742 g/mol. The predicted octanol–water partition coefficient (Wildman–Crippen LogP) is 4.49. The Balaban J connectivity index is 0.000000253. The SMILES string of the molecule is CC(C)(C)c1c[c-]c2c(c1)-c1cc(C(C)(C)C)ccc1C2.Cc1c[cH-]c(C)c1.[Cl-].[Cl-].[Hf+2]=[C](c1ccccc1)c1ccccc1. The van der Waals surface area contributed by atoms with Crippen LogP contribution in [0.25, 0.3) is 11.1 Å². The molecule has 0 amide bonds. The number of benzene rings is 4. The van der Waals surface area contributed by atoms with Crippen molar-refractivity contribution >= 4 is 3.26 Å². The van der Waals surface area contributed by atoms with Crippen molar-refractivity contribution in [3.05, 3.63) is 160 Å². The monoisotopic (exact) mass is 786 g/mol. The Labute approximate surface area is 293 Å². The summed E-state index contributed by atoms with van der Waals surface area (Å²) in [6, 6.07) is 42.7. The standard InChI is InChI=1S/C21H25.C13H10.C7H9.2ClH.Hf/c1-20(2,3)16-9-7-14-11-15-8-10-17(21(4,5)6)13-19(15)18(14)12-16;1-3-7-12(8-4-1)11-13-9-5-2-6-10-13;1-6-3-4-7(2)5-6;;;/h7,9-10,12-13H,11H2,1-6H3;1-10H;3-5H,1-2H3;2*1H;/q-1;;-1;;;+2/p-2. The molecule has 0 nitrogen and oxygen atoms in total. The maximum absolute atomic E-state index is 3.53. The van der Waals surface area contributed by atoms with Gasteiger partial charge in [0.05, 0.1) is 0 Å². The van der Waals surface area contributed by atoms with E-state index in [0.717, 1.165) is 30.3 Å². The van der Waals surface area contributed by atoms with Gasteiger partial charge in [0.15, 0.2) is 0 Å². The molecule has 0 fully saturated rings. The molecule has 0 bridgehead atoms. The van der Waals surface area contributed by atoms with Crippen LogP contribution in [0.2, 0.25) is 0 Å². The summed E-state index contributed by atoms with van der Waals surface area (Å²) in [5.41, 5.74) is 14.2. The van der Waals surface area contributed by atoms with Gasteiger partial charge in [0, 0.05) is 0 Å². The van der Waals surface area contributed by atoms with E-state index < -0.39 is 0 Å². The van der Waals surface area contributed by atoms with Gasteiger partial charge >= 0.3 is 98.9 Å². The van der Waals surface area contributed by atoms with E-state index >= 15 is 0 Å². The molecule has 0 radical (unpaired) electrons. The number of aryl methyl sites for hydroxylation is 2. The zero-order valence-electron chi connectivity index (χ0n) is 27.4. The van der Waals surface area contributed by atoms with Crippen molar-refractivity contribution in [1.29, 1.82) is 0 Å². The maximum atomic E-state index is 3.53. The summed E-state index contributed by atoms with van der Waals surface area (Å²) in [5.74, 6) is 0. The molecular formula is C41H44Cl2Hf-2. The molecule has 1 aliphatic carbocycles. The van der Waals surface area contributed by atoms with E-state index in [1.165, 1.54) is 58.9 Å². The van der Waals surface area contributed by atoms with Gasteiger partial charge < -0.3 is 24.8 Å². The third-order valence-electron chi connectivity index (χ3n) is 7.72. The van der Waals surface area contributed by atoms with Crippen LogP contribution in [-0.2, 0) is 41.1 Å². The van der Waals surface area contributed by atoms with Crippen LogP contribution in [0.3, 0.4) is 0 Å². The van der Waals surface area contributed by atoms with E-state index in [2.05, 4.69) is 171 Å². The molecule has 0 heterocycles. The summed E-state index contributed by atoms with van der Waals surface area (Å²) < 4.78 is 1.46. The number of halogens is 2. The molecule has 0 aliphatic heterocycles. The molecule has 0 saturated carbocycles. The fourth-order valence-electron chi connectivity index (χ4n) is 5.08. The molecule has 0 atom stereocenters. The van der Waals surface area contributed by atoms with Gasteiger partial charge in [0.2, 0.25) is 0 Å². The summed E-state index contributed by atoms with van der Waals surface area (Å²) in [4.78, 5) is 0. The van der Waals surface area contributed by atoms with Gasteiger partial charge in [0.25, 0.3) is 0 Å². The molecule has 228 valence electrons. The first kappa shape index (κ1) is 37.7. The zero-order valence-corrected chi connectivity index (χ0v) is 32.5. The van der Waals surface area contributed by atoms with Crippen molar-refractivity contribution in [3.63, 3.8) is 0 Å². The average molecular weight is 786 g/mol. The topological polar surface area (TPSA) is 0 Å². The van der Waals surface area contributed by atoms with Crippen LogP contribution >= 0.6 is 0 Å². The van der Waals surface area contributed by atoms with Gasteiger partial charge in [-0.25, -0.2) is 11.6 Å². The molecule has 5 aromatic carbocycles. The average Bonchev–Trinajstić information content (AvgIpc) is 3.54. The van der Waals surface area contributed by atoms with Crippen molar-refractivity contribution < 1.29 is 48.7 Å². The molecule has 3 heteroatoms. The molecule has 5 aromatic rings. The number of hydrogen-bond acceptors (Lipinski definition) is 0. The van der Waals surface area contributed by atoms with Crippen LogP contribution in [0.4, 0.5) is 0 Å². The van der Waals surface area contributed by atoms with Gasteiger partial charge in [-0.1, -0.05) is 90.1 Å². The molecule has 0 spiro atoms. The van der Waals surface area contributed by atoms with Crippen molar-refractivity contribution in [1.82, 2.24) is 0 Å². The summed E-state index contributed by atoms with van der Waals surface area (Å²) in [7, 11) is 0. The van der Waals surface area contributed by atoms with E-state index in [1.54, 1.807) is 0 Å². The molecule has 0 aromatic heterocycles. The van der Waals surface area contributed by atoms with Gasteiger partial charge in [0.1, 0.15) is 0 Å². The first-order chi connectivity index (χ1) is 19.8. The third kappa shape index (κ3) is 10.0. The van der Waals surface area contributed by atoms with Crippen LogP contribution in [0, 0.1) is 19.9 Å². The van der Waals surface area contributed by atoms with Crippen molar-refractivity contribution in [2.75, 3.05) is 0 Å². The van der Waals surface area contributed by atoms with Gasteiger partial charge in [-0.15, -0.1) is 5.56 Å². The quantitative estimate of drug-likeness (QED) is 0.180. The van der Waals surface area contributed by atoms with Crippen molar-refractivity contribution in [3.8, 4) is 11.1 Å². The Morgan fingerprint density at radius 2 is 1.20 bits per heavy atom. The van der Waals surface area contributed by atoms with Crippen LogP contribution < -0.4 is 24.8 Å². The minimum atomic E-state index is 0. The van der Waals surface area contributed by atoms with E-state index in [-0.39, 0.29) is 35.6 Å². The van der Waals surface area contributed by atoms with E-state index in [4.69, 9.17) is 0 Å². The van der Waals surface area contributed by atoms with Gasteiger partial charge in [-0.3, -0.25) is 0 Å². The van der Waals surface area contributed by atoms with E-state index in [1.807, 2.05) is 0 Å². The fourth-order valence-corrected chi connectivity index (χ4v) is 6.28. The Bertz CT molecular complexity index is 1510. The second-order valence-electron chi connectivity index (χ2n) is 13.4. The summed E-state index contributed by atoms with van der Waals surface area (Å²) in [5, 5.41) is 0. The van der Waals surface area contributed by atoms with Gasteiger partial charge in [-0.2, -0.15) is 47.0 Å².